The minimum absolute atomic E-state index is 0.452. The van der Waals surface area contributed by atoms with E-state index in [-0.39, 0.29) is 0 Å². The zero-order chi connectivity index (χ0) is 20.0. The van der Waals surface area contributed by atoms with Crippen LogP contribution in [0.5, 0.6) is 11.5 Å². The molecule has 2 aromatic rings. The molecule has 0 aliphatic rings. The summed E-state index contributed by atoms with van der Waals surface area (Å²) in [6.45, 7) is 1.10. The monoisotopic (exact) mass is 379 g/mol. The Morgan fingerprint density at radius 2 is 1.81 bits per heavy atom. The van der Waals surface area contributed by atoms with Gasteiger partial charge in [-0.3, -0.25) is 4.79 Å². The first-order valence-electron chi connectivity index (χ1n) is 7.99. The lowest BCUT2D eigenvalue weighted by molar-refractivity contribution is -0.124. The third-order valence-electron chi connectivity index (χ3n) is 3.77. The van der Waals surface area contributed by atoms with E-state index in [2.05, 4.69) is 5.32 Å². The molecule has 1 N–H and O–H groups in total. The van der Waals surface area contributed by atoms with E-state index in [1.165, 1.54) is 14.2 Å². The molecule has 0 fully saturated rings. The Hall–Kier alpha value is -3.16. The highest BCUT2D eigenvalue weighted by molar-refractivity contribution is 5.91. The first-order valence-corrected chi connectivity index (χ1v) is 7.99. The molecule has 0 aliphatic heterocycles. The van der Waals surface area contributed by atoms with Crippen molar-refractivity contribution < 1.29 is 32.6 Å². The molecule has 1 amide bonds. The minimum atomic E-state index is -1.06. The number of carbonyl (C=O) groups excluding carboxylic acids is 2. The standard InChI is InChI=1S/C19H19F2NO5/c1-11(15-9-13(25-2)5-7-17(15)26-3)22-18(23)10-27-19(24)14-6-4-12(20)8-16(14)21/h4-9,11H,10H2,1-3H3,(H,22,23)/t11-/m1/s1. The van der Waals surface area contributed by atoms with Crippen LogP contribution in [-0.2, 0) is 9.53 Å². The van der Waals surface area contributed by atoms with Crippen molar-refractivity contribution in [3.63, 3.8) is 0 Å². The maximum atomic E-state index is 13.5. The van der Waals surface area contributed by atoms with Crippen molar-refractivity contribution >= 4 is 11.9 Å². The summed E-state index contributed by atoms with van der Waals surface area (Å²) in [5.41, 5.74) is 0.216. The Bertz CT molecular complexity index is 841. The number of halogens is 2. The smallest absolute Gasteiger partial charge is 0.341 e. The predicted octanol–water partition coefficient (Wildman–Crippen LogP) is 3.02. The van der Waals surface area contributed by atoms with E-state index in [4.69, 9.17) is 14.2 Å². The fourth-order valence-electron chi connectivity index (χ4n) is 2.40. The van der Waals surface area contributed by atoms with Crippen LogP contribution in [0.15, 0.2) is 36.4 Å². The Kier molecular flexibility index (Phi) is 6.70. The highest BCUT2D eigenvalue weighted by Gasteiger charge is 2.18. The summed E-state index contributed by atoms with van der Waals surface area (Å²) in [5.74, 6) is -2.39. The van der Waals surface area contributed by atoms with E-state index >= 15 is 0 Å². The fraction of sp³-hybridized carbons (Fsp3) is 0.263. The van der Waals surface area contributed by atoms with Gasteiger partial charge in [-0.15, -0.1) is 0 Å². The van der Waals surface area contributed by atoms with Crippen LogP contribution in [-0.4, -0.2) is 32.7 Å². The Morgan fingerprint density at radius 3 is 2.44 bits per heavy atom. The third kappa shape index (κ3) is 5.16. The molecular weight excluding hydrogens is 360 g/mol. The van der Waals surface area contributed by atoms with Gasteiger partial charge in [0.25, 0.3) is 5.91 Å². The van der Waals surface area contributed by atoms with Crippen molar-refractivity contribution in [2.75, 3.05) is 20.8 Å². The van der Waals surface area contributed by atoms with Gasteiger partial charge in [0, 0.05) is 11.6 Å². The number of rotatable bonds is 7. The predicted molar refractivity (Wildman–Crippen MR) is 92.7 cm³/mol. The lowest BCUT2D eigenvalue weighted by Gasteiger charge is -2.18. The van der Waals surface area contributed by atoms with Gasteiger partial charge < -0.3 is 19.5 Å². The number of benzene rings is 2. The van der Waals surface area contributed by atoms with Crippen molar-refractivity contribution in [2.45, 2.75) is 13.0 Å². The van der Waals surface area contributed by atoms with Crippen LogP contribution in [0.4, 0.5) is 8.78 Å². The third-order valence-corrected chi connectivity index (χ3v) is 3.77. The molecule has 27 heavy (non-hydrogen) atoms. The molecule has 2 aromatic carbocycles. The molecule has 0 aliphatic carbocycles. The van der Waals surface area contributed by atoms with Crippen LogP contribution in [0.3, 0.4) is 0 Å². The summed E-state index contributed by atoms with van der Waals surface area (Å²) in [5, 5.41) is 2.65. The lowest BCUT2D eigenvalue weighted by atomic mass is 10.1. The first-order chi connectivity index (χ1) is 12.8. The van der Waals surface area contributed by atoms with Crippen LogP contribution < -0.4 is 14.8 Å². The normalized spacial score (nSPS) is 11.4. The maximum absolute atomic E-state index is 13.5. The zero-order valence-electron chi connectivity index (χ0n) is 15.0. The molecule has 0 spiro atoms. The van der Waals surface area contributed by atoms with Gasteiger partial charge in [0.2, 0.25) is 0 Å². The van der Waals surface area contributed by atoms with Crippen LogP contribution >= 0.6 is 0 Å². The number of nitrogens with one attached hydrogen (secondary N) is 1. The second kappa shape index (κ2) is 8.98. The van der Waals surface area contributed by atoms with Crippen LogP contribution in [0, 0.1) is 11.6 Å². The number of ether oxygens (including phenoxy) is 3. The van der Waals surface area contributed by atoms with Crippen LogP contribution in [0.1, 0.15) is 28.9 Å². The van der Waals surface area contributed by atoms with Gasteiger partial charge in [-0.25, -0.2) is 13.6 Å². The molecule has 1 atom stereocenters. The van der Waals surface area contributed by atoms with E-state index in [0.717, 1.165) is 12.1 Å². The van der Waals surface area contributed by atoms with Crippen molar-refractivity contribution in [1.29, 1.82) is 0 Å². The summed E-state index contributed by atoms with van der Waals surface area (Å²) in [4.78, 5) is 23.9. The molecule has 2 rings (SSSR count). The number of hydrogen-bond donors (Lipinski definition) is 1. The second-order valence-electron chi connectivity index (χ2n) is 5.60. The van der Waals surface area contributed by atoms with Gasteiger partial charge in [0.15, 0.2) is 6.61 Å². The zero-order valence-corrected chi connectivity index (χ0v) is 15.0. The molecule has 0 bridgehead atoms. The number of amides is 1. The molecular formula is C19H19F2NO5. The highest BCUT2D eigenvalue weighted by atomic mass is 19.1. The highest BCUT2D eigenvalue weighted by Crippen LogP contribution is 2.29. The summed E-state index contributed by atoms with van der Waals surface area (Å²) >= 11 is 0. The summed E-state index contributed by atoms with van der Waals surface area (Å²) in [7, 11) is 3.02. The minimum Gasteiger partial charge on any atom is -0.497 e. The Labute approximate surface area is 155 Å². The second-order valence-corrected chi connectivity index (χ2v) is 5.60. The molecule has 0 saturated heterocycles. The van der Waals surface area contributed by atoms with E-state index in [1.54, 1.807) is 25.1 Å². The van der Waals surface area contributed by atoms with Gasteiger partial charge in [0.05, 0.1) is 25.8 Å². The van der Waals surface area contributed by atoms with Crippen LogP contribution in [0.25, 0.3) is 0 Å². The quantitative estimate of drug-likeness (QED) is 0.749. The van der Waals surface area contributed by atoms with Gasteiger partial charge in [-0.2, -0.15) is 0 Å². The van der Waals surface area contributed by atoms with Gasteiger partial charge >= 0.3 is 5.97 Å². The summed E-state index contributed by atoms with van der Waals surface area (Å²) < 4.78 is 41.6. The van der Waals surface area contributed by atoms with E-state index in [0.29, 0.717) is 23.1 Å². The van der Waals surface area contributed by atoms with Crippen molar-refractivity contribution in [1.82, 2.24) is 5.32 Å². The SMILES string of the molecule is COc1ccc(OC)c([C@@H](C)NC(=O)COC(=O)c2ccc(F)cc2F)c1. The lowest BCUT2D eigenvalue weighted by Crippen LogP contribution is -2.31. The van der Waals surface area contributed by atoms with Crippen molar-refractivity contribution in [3.8, 4) is 11.5 Å². The van der Waals surface area contributed by atoms with E-state index in [9.17, 15) is 18.4 Å². The topological polar surface area (TPSA) is 73.9 Å². The number of esters is 1. The number of hydrogen-bond acceptors (Lipinski definition) is 5. The molecule has 0 heterocycles. The summed E-state index contributed by atoms with van der Waals surface area (Å²) in [6.07, 6.45) is 0. The van der Waals surface area contributed by atoms with Crippen LogP contribution in [0.2, 0.25) is 0 Å². The van der Waals surface area contributed by atoms with E-state index < -0.39 is 41.7 Å². The molecule has 144 valence electrons. The average Bonchev–Trinajstić information content (AvgIpc) is 2.65. The van der Waals surface area contributed by atoms with E-state index in [1.807, 2.05) is 0 Å². The average molecular weight is 379 g/mol. The number of carbonyl (C=O) groups is 2. The maximum Gasteiger partial charge on any atom is 0.341 e. The molecule has 0 aromatic heterocycles. The molecule has 0 saturated carbocycles. The summed E-state index contributed by atoms with van der Waals surface area (Å²) in [6, 6.07) is 7.11. The molecule has 0 unspecified atom stereocenters. The van der Waals surface area contributed by atoms with Crippen molar-refractivity contribution in [3.05, 3.63) is 59.2 Å². The Morgan fingerprint density at radius 1 is 1.07 bits per heavy atom. The Balaban J connectivity index is 1.98. The first kappa shape index (κ1) is 20.2. The molecule has 6 nitrogen and oxygen atoms in total. The van der Waals surface area contributed by atoms with Gasteiger partial charge in [0.1, 0.15) is 23.1 Å². The van der Waals surface area contributed by atoms with Gasteiger partial charge in [-0.1, -0.05) is 0 Å². The largest absolute Gasteiger partial charge is 0.497 e. The van der Waals surface area contributed by atoms with Crippen molar-refractivity contribution in [2.24, 2.45) is 0 Å². The molecule has 0 radical (unpaired) electrons. The van der Waals surface area contributed by atoms with Gasteiger partial charge in [-0.05, 0) is 37.3 Å². The number of methoxy groups -OCH3 is 2. The fourth-order valence-corrected chi connectivity index (χ4v) is 2.40. The molecule has 8 heteroatoms.